The van der Waals surface area contributed by atoms with Gasteiger partial charge in [-0.2, -0.15) is 0 Å². The lowest BCUT2D eigenvalue weighted by atomic mass is 10.2. The van der Waals surface area contributed by atoms with Crippen molar-refractivity contribution in [1.29, 1.82) is 0 Å². The molecule has 2 atom stereocenters. The lowest BCUT2D eigenvalue weighted by molar-refractivity contribution is 0.165. The van der Waals surface area contributed by atoms with Crippen molar-refractivity contribution in [3.63, 3.8) is 0 Å². The number of para-hydroxylation sites is 1. The molecule has 1 N–H and O–H groups in total. The van der Waals surface area contributed by atoms with Crippen LogP contribution in [-0.4, -0.2) is 64.8 Å². The minimum Gasteiger partial charge on any atom is -0.494 e. The zero-order valence-corrected chi connectivity index (χ0v) is 21.8. The largest absolute Gasteiger partial charge is 0.494 e. The van der Waals surface area contributed by atoms with E-state index in [4.69, 9.17) is 18.6 Å². The summed E-state index contributed by atoms with van der Waals surface area (Å²) < 4.78 is 50.4. The molecule has 196 valence electrons. The number of hydrogen-bond acceptors (Lipinski definition) is 11. The van der Waals surface area contributed by atoms with Crippen LogP contribution in [0.5, 0.6) is 17.2 Å². The van der Waals surface area contributed by atoms with E-state index in [2.05, 4.69) is 20.2 Å². The summed E-state index contributed by atoms with van der Waals surface area (Å²) in [7, 11) is 0.423. The van der Waals surface area contributed by atoms with Crippen LogP contribution in [0.3, 0.4) is 0 Å². The van der Waals surface area contributed by atoms with Crippen molar-refractivity contribution >= 4 is 9.84 Å². The summed E-state index contributed by atoms with van der Waals surface area (Å²) >= 11 is 0. The average Bonchev–Trinajstić information content (AvgIpc) is 3.52. The first kappa shape index (κ1) is 26.1. The Kier molecular flexibility index (Phi) is 7.45. The van der Waals surface area contributed by atoms with Crippen LogP contribution in [0, 0.1) is 6.92 Å². The number of sulfone groups is 1. The summed E-state index contributed by atoms with van der Waals surface area (Å²) in [6.45, 7) is 3.17. The first-order chi connectivity index (χ1) is 17.7. The fourth-order valence-electron chi connectivity index (χ4n) is 3.71. The van der Waals surface area contributed by atoms with E-state index >= 15 is 0 Å². The average molecular weight is 530 g/mol. The molecule has 12 nitrogen and oxygen atoms in total. The number of aliphatic hydroxyl groups excluding tert-OH is 1. The van der Waals surface area contributed by atoms with Gasteiger partial charge in [-0.1, -0.05) is 6.07 Å². The molecule has 0 spiro atoms. The van der Waals surface area contributed by atoms with Gasteiger partial charge in [-0.15, -0.1) is 10.2 Å². The second-order valence-corrected chi connectivity index (χ2v) is 10.5. The van der Waals surface area contributed by atoms with Crippen molar-refractivity contribution in [3.05, 3.63) is 60.1 Å². The lowest BCUT2D eigenvalue weighted by Crippen LogP contribution is -2.29. The predicted octanol–water partition coefficient (Wildman–Crippen LogP) is 2.69. The summed E-state index contributed by atoms with van der Waals surface area (Å²) in [6, 6.07) is 8.63. The summed E-state index contributed by atoms with van der Waals surface area (Å²) in [5.74, 6) is 1.93. The van der Waals surface area contributed by atoms with E-state index in [-0.39, 0.29) is 17.5 Å². The number of furan rings is 1. The van der Waals surface area contributed by atoms with E-state index in [9.17, 15) is 13.5 Å². The van der Waals surface area contributed by atoms with E-state index < -0.39 is 26.9 Å². The van der Waals surface area contributed by atoms with Crippen LogP contribution in [0.2, 0.25) is 0 Å². The summed E-state index contributed by atoms with van der Waals surface area (Å²) in [4.78, 5) is 8.04. The van der Waals surface area contributed by atoms with Gasteiger partial charge in [0, 0.05) is 0 Å². The van der Waals surface area contributed by atoms with Crippen molar-refractivity contribution in [1.82, 2.24) is 24.7 Å². The number of aliphatic hydroxyl groups is 1. The third kappa shape index (κ3) is 5.13. The summed E-state index contributed by atoms with van der Waals surface area (Å²) in [5.41, 5.74) is 0.401. The molecular weight excluding hydrogens is 502 g/mol. The number of aryl methyl sites for hydroxylation is 1. The van der Waals surface area contributed by atoms with Gasteiger partial charge in [0.2, 0.25) is 5.82 Å². The Morgan fingerprint density at radius 2 is 1.65 bits per heavy atom. The van der Waals surface area contributed by atoms with Gasteiger partial charge in [-0.05, 0) is 38.1 Å². The molecule has 0 saturated heterocycles. The number of methoxy groups -OCH3 is 3. The molecule has 13 heteroatoms. The molecule has 0 aliphatic heterocycles. The number of benzene rings is 1. The Hall–Kier alpha value is -3.97. The Labute approximate surface area is 213 Å². The molecule has 0 radical (unpaired) electrons. The third-order valence-electron chi connectivity index (χ3n) is 5.81. The zero-order chi connectivity index (χ0) is 26.7. The fraction of sp³-hybridized carbons (Fsp3) is 0.333. The number of rotatable bonds is 10. The summed E-state index contributed by atoms with van der Waals surface area (Å²) in [5, 5.41) is 17.9. The maximum Gasteiger partial charge on any atom is 0.204 e. The van der Waals surface area contributed by atoms with E-state index in [1.54, 1.807) is 37.3 Å². The van der Waals surface area contributed by atoms with Gasteiger partial charge in [0.25, 0.3) is 0 Å². The monoisotopic (exact) mass is 529 g/mol. The minimum atomic E-state index is -4.01. The maximum atomic E-state index is 13.5. The first-order valence-electron chi connectivity index (χ1n) is 11.2. The SMILES string of the molecule is COc1cnc([C@H](O)[C@@H](C)S(=O)(=O)Cc2nnc(-c3ccc(C)o3)n2-c2c(OC)cccc2OC)nc1. The quantitative estimate of drug-likeness (QED) is 0.323. The molecule has 0 unspecified atom stereocenters. The van der Waals surface area contributed by atoms with Crippen LogP contribution in [0.4, 0.5) is 0 Å². The summed E-state index contributed by atoms with van der Waals surface area (Å²) in [6.07, 6.45) is 1.22. The Bertz CT molecular complexity index is 1460. The lowest BCUT2D eigenvalue weighted by Gasteiger charge is -2.20. The Morgan fingerprint density at radius 3 is 2.19 bits per heavy atom. The maximum absolute atomic E-state index is 13.5. The van der Waals surface area contributed by atoms with E-state index in [0.717, 1.165) is 0 Å². The van der Waals surface area contributed by atoms with E-state index in [1.165, 1.54) is 45.2 Å². The van der Waals surface area contributed by atoms with Crippen molar-refractivity contribution in [2.75, 3.05) is 21.3 Å². The van der Waals surface area contributed by atoms with Crippen LogP contribution in [-0.2, 0) is 15.6 Å². The number of hydrogen-bond donors (Lipinski definition) is 1. The normalized spacial score (nSPS) is 13.2. The Balaban J connectivity index is 1.79. The predicted molar refractivity (Wildman–Crippen MR) is 133 cm³/mol. The van der Waals surface area contributed by atoms with Gasteiger partial charge in [0.15, 0.2) is 33.0 Å². The van der Waals surface area contributed by atoms with Gasteiger partial charge in [-0.25, -0.2) is 18.4 Å². The highest BCUT2D eigenvalue weighted by Gasteiger charge is 2.34. The fourth-order valence-corrected chi connectivity index (χ4v) is 5.04. The van der Waals surface area contributed by atoms with E-state index in [1.807, 2.05) is 0 Å². The number of nitrogens with zero attached hydrogens (tertiary/aromatic N) is 5. The molecule has 0 amide bonds. The molecule has 37 heavy (non-hydrogen) atoms. The molecule has 0 fully saturated rings. The first-order valence-corrected chi connectivity index (χ1v) is 12.9. The molecule has 0 saturated carbocycles. The molecule has 4 rings (SSSR count). The van der Waals surface area contributed by atoms with Gasteiger partial charge < -0.3 is 23.7 Å². The third-order valence-corrected chi connectivity index (χ3v) is 7.86. The molecule has 0 aliphatic rings. The van der Waals surface area contributed by atoms with Crippen LogP contribution < -0.4 is 14.2 Å². The highest BCUT2D eigenvalue weighted by molar-refractivity contribution is 7.91. The Morgan fingerprint density at radius 1 is 1.00 bits per heavy atom. The topological polar surface area (TPSA) is 152 Å². The highest BCUT2D eigenvalue weighted by atomic mass is 32.2. The second-order valence-electron chi connectivity index (χ2n) is 8.13. The van der Waals surface area contributed by atoms with Gasteiger partial charge in [-0.3, -0.25) is 4.57 Å². The zero-order valence-electron chi connectivity index (χ0n) is 20.9. The van der Waals surface area contributed by atoms with Crippen LogP contribution >= 0.6 is 0 Å². The molecular formula is C24H27N5O7S. The molecule has 0 bridgehead atoms. The van der Waals surface area contributed by atoms with Crippen LogP contribution in [0.1, 0.15) is 30.4 Å². The van der Waals surface area contributed by atoms with Gasteiger partial charge in [0.05, 0.1) is 39.0 Å². The highest BCUT2D eigenvalue weighted by Crippen LogP contribution is 2.37. The second kappa shape index (κ2) is 10.6. The number of aromatic nitrogens is 5. The molecule has 3 heterocycles. The van der Waals surface area contributed by atoms with Crippen molar-refractivity contribution in [2.45, 2.75) is 31.0 Å². The smallest absolute Gasteiger partial charge is 0.204 e. The van der Waals surface area contributed by atoms with Crippen molar-refractivity contribution in [2.24, 2.45) is 0 Å². The molecule has 0 aliphatic carbocycles. The molecule has 1 aromatic carbocycles. The minimum absolute atomic E-state index is 0.0449. The van der Waals surface area contributed by atoms with E-state index in [0.29, 0.717) is 34.5 Å². The van der Waals surface area contributed by atoms with Crippen molar-refractivity contribution < 1.29 is 32.2 Å². The standard InChI is InChI=1S/C24H27N5O7S/c1-14-9-10-19(36-14)24-28-27-20(29(24)21-17(34-4)7-6-8-18(21)35-5)13-37(31,32)15(2)22(30)23-25-11-16(33-3)12-26-23/h6-12,15,22,30H,13H2,1-5H3/t15-,22-/m1/s1. The van der Waals surface area contributed by atoms with Crippen LogP contribution in [0.25, 0.3) is 17.3 Å². The van der Waals surface area contributed by atoms with Crippen LogP contribution in [0.15, 0.2) is 47.1 Å². The molecule has 4 aromatic rings. The van der Waals surface area contributed by atoms with Gasteiger partial charge in [0.1, 0.15) is 34.8 Å². The number of ether oxygens (including phenoxy) is 3. The van der Waals surface area contributed by atoms with Crippen molar-refractivity contribution in [3.8, 4) is 34.5 Å². The van der Waals surface area contributed by atoms with Gasteiger partial charge >= 0.3 is 0 Å². The molecule has 3 aromatic heterocycles.